The van der Waals surface area contributed by atoms with Crippen molar-refractivity contribution < 1.29 is 22.4 Å². The molecule has 0 spiro atoms. The lowest BCUT2D eigenvalue weighted by molar-refractivity contribution is -0.139. The molecule has 2 amide bonds. The predicted octanol–water partition coefficient (Wildman–Crippen LogP) is 2.52. The maximum atomic E-state index is 13.2. The molecule has 0 saturated heterocycles. The number of nitrogens with one attached hydrogen (secondary N) is 1. The summed E-state index contributed by atoms with van der Waals surface area (Å²) in [5, 5.41) is 2.49. The van der Waals surface area contributed by atoms with Crippen molar-refractivity contribution in [3.63, 3.8) is 0 Å². The van der Waals surface area contributed by atoms with Crippen molar-refractivity contribution in [3.05, 3.63) is 64.4 Å². The van der Waals surface area contributed by atoms with E-state index >= 15 is 0 Å². The molecular weight excluding hydrogens is 477 g/mol. The van der Waals surface area contributed by atoms with Gasteiger partial charge in [-0.15, -0.1) is 0 Å². The van der Waals surface area contributed by atoms with Crippen LogP contribution in [0.5, 0.6) is 0 Å². The number of nitrogens with zero attached hydrogens (tertiary/aromatic N) is 2. The molecule has 1 N–H and O–H groups in total. The second-order valence-corrected chi connectivity index (χ2v) is 9.51. The molecule has 2 aromatic carbocycles. The van der Waals surface area contributed by atoms with E-state index in [0.717, 1.165) is 15.0 Å². The van der Waals surface area contributed by atoms with Gasteiger partial charge in [0.25, 0.3) is 0 Å². The Morgan fingerprint density at radius 1 is 1.10 bits per heavy atom. The second kappa shape index (κ2) is 10.0. The van der Waals surface area contributed by atoms with Crippen LogP contribution >= 0.6 is 15.9 Å². The number of likely N-dealkylation sites (N-methyl/N-ethyl adjacent to an activating group) is 1. The van der Waals surface area contributed by atoms with Crippen LogP contribution in [0.2, 0.25) is 0 Å². The van der Waals surface area contributed by atoms with E-state index in [0.29, 0.717) is 11.3 Å². The summed E-state index contributed by atoms with van der Waals surface area (Å²) in [5.41, 5.74) is 0.929. The maximum Gasteiger partial charge on any atom is 0.244 e. The summed E-state index contributed by atoms with van der Waals surface area (Å²) in [5.74, 6) is -1.39. The summed E-state index contributed by atoms with van der Waals surface area (Å²) >= 11 is 3.29. The fourth-order valence-electron chi connectivity index (χ4n) is 2.80. The van der Waals surface area contributed by atoms with Crippen molar-refractivity contribution in [2.24, 2.45) is 0 Å². The van der Waals surface area contributed by atoms with Gasteiger partial charge in [0, 0.05) is 18.1 Å². The molecule has 0 heterocycles. The number of rotatable bonds is 8. The third-order valence-electron chi connectivity index (χ3n) is 4.47. The molecule has 7 nitrogen and oxygen atoms in total. The van der Waals surface area contributed by atoms with Gasteiger partial charge >= 0.3 is 0 Å². The van der Waals surface area contributed by atoms with E-state index in [1.165, 1.54) is 36.2 Å². The molecule has 0 aromatic heterocycles. The highest BCUT2D eigenvalue weighted by Crippen LogP contribution is 2.21. The topological polar surface area (TPSA) is 86.8 Å². The van der Waals surface area contributed by atoms with Crippen LogP contribution in [0.1, 0.15) is 12.5 Å². The summed E-state index contributed by atoms with van der Waals surface area (Å²) in [6.45, 7) is 1.08. The predicted molar refractivity (Wildman–Crippen MR) is 117 cm³/mol. The Bertz CT molecular complexity index is 998. The van der Waals surface area contributed by atoms with Gasteiger partial charge in [-0.05, 0) is 48.9 Å². The fraction of sp³-hybridized carbons (Fsp3) is 0.300. The molecule has 0 fully saturated rings. The molecule has 1 atom stereocenters. The number of amides is 2. The lowest BCUT2D eigenvalue weighted by atomic mass is 10.1. The first-order chi connectivity index (χ1) is 14.0. The monoisotopic (exact) mass is 499 g/mol. The van der Waals surface area contributed by atoms with Gasteiger partial charge in [-0.2, -0.15) is 0 Å². The smallest absolute Gasteiger partial charge is 0.244 e. The Kier molecular flexibility index (Phi) is 7.96. The summed E-state index contributed by atoms with van der Waals surface area (Å²) in [4.78, 5) is 26.6. The number of anilines is 1. The van der Waals surface area contributed by atoms with E-state index in [9.17, 15) is 22.4 Å². The minimum Gasteiger partial charge on any atom is -0.357 e. The maximum absolute atomic E-state index is 13.2. The third kappa shape index (κ3) is 6.27. The SMILES string of the molecule is CNC(=O)[C@@H](C)N(Cc1ccc(F)cc1)C(=O)CN(c1ccc(Br)cc1)S(C)(=O)=O. The molecule has 0 aliphatic rings. The van der Waals surface area contributed by atoms with Crippen LogP contribution in [0, 0.1) is 5.82 Å². The van der Waals surface area contributed by atoms with E-state index < -0.39 is 40.2 Å². The zero-order valence-electron chi connectivity index (χ0n) is 16.8. The van der Waals surface area contributed by atoms with E-state index in [2.05, 4.69) is 21.2 Å². The van der Waals surface area contributed by atoms with Gasteiger partial charge in [-0.1, -0.05) is 28.1 Å². The minimum atomic E-state index is -3.77. The van der Waals surface area contributed by atoms with Gasteiger partial charge in [0.1, 0.15) is 18.4 Å². The normalized spacial score (nSPS) is 12.2. The van der Waals surface area contributed by atoms with E-state index in [1.807, 2.05) is 0 Å². The third-order valence-corrected chi connectivity index (χ3v) is 6.14. The molecule has 10 heteroatoms. The van der Waals surface area contributed by atoms with Crippen molar-refractivity contribution in [2.45, 2.75) is 19.5 Å². The number of benzene rings is 2. The lowest BCUT2D eigenvalue weighted by Crippen LogP contribution is -2.50. The molecule has 0 bridgehead atoms. The number of sulfonamides is 1. The quantitative estimate of drug-likeness (QED) is 0.604. The Morgan fingerprint density at radius 2 is 1.67 bits per heavy atom. The Morgan fingerprint density at radius 3 is 2.17 bits per heavy atom. The summed E-state index contributed by atoms with van der Waals surface area (Å²) in [7, 11) is -2.32. The summed E-state index contributed by atoms with van der Waals surface area (Å²) in [6.07, 6.45) is 1.01. The molecule has 162 valence electrons. The van der Waals surface area contributed by atoms with Crippen molar-refractivity contribution in [1.82, 2.24) is 10.2 Å². The number of carbonyl (C=O) groups excluding carboxylic acids is 2. The van der Waals surface area contributed by atoms with Crippen molar-refractivity contribution >= 4 is 43.5 Å². The van der Waals surface area contributed by atoms with Crippen LogP contribution < -0.4 is 9.62 Å². The first kappa shape index (κ1) is 23.8. The average molecular weight is 500 g/mol. The van der Waals surface area contributed by atoms with Gasteiger partial charge in [-0.25, -0.2) is 12.8 Å². The molecule has 30 heavy (non-hydrogen) atoms. The zero-order valence-corrected chi connectivity index (χ0v) is 19.2. The highest BCUT2D eigenvalue weighted by atomic mass is 79.9. The number of carbonyl (C=O) groups is 2. The zero-order chi connectivity index (χ0) is 22.5. The standard InChI is InChI=1S/C20H23BrFN3O4S/c1-14(20(27)23-2)24(12-15-4-8-17(22)9-5-15)19(26)13-25(30(3,28)29)18-10-6-16(21)7-11-18/h4-11,14H,12-13H2,1-3H3,(H,23,27)/t14-/m1/s1. The Labute approximate surface area is 184 Å². The minimum absolute atomic E-state index is 0.0195. The highest BCUT2D eigenvalue weighted by molar-refractivity contribution is 9.10. The van der Waals surface area contributed by atoms with Crippen LogP contribution in [-0.2, 0) is 26.2 Å². The van der Waals surface area contributed by atoms with Gasteiger partial charge in [-0.3, -0.25) is 13.9 Å². The molecular formula is C20H23BrFN3O4S. The molecule has 2 rings (SSSR count). The molecule has 0 aliphatic carbocycles. The van der Waals surface area contributed by atoms with Gasteiger partial charge < -0.3 is 10.2 Å². The van der Waals surface area contributed by atoms with Crippen LogP contribution in [0.15, 0.2) is 53.0 Å². The molecule has 0 unspecified atom stereocenters. The van der Waals surface area contributed by atoms with E-state index in [4.69, 9.17) is 0 Å². The van der Waals surface area contributed by atoms with Crippen LogP contribution in [0.4, 0.5) is 10.1 Å². The second-order valence-electron chi connectivity index (χ2n) is 6.68. The van der Waals surface area contributed by atoms with Crippen LogP contribution in [-0.4, -0.2) is 51.0 Å². The molecule has 2 aromatic rings. The first-order valence-electron chi connectivity index (χ1n) is 9.01. The van der Waals surface area contributed by atoms with Crippen molar-refractivity contribution in [2.75, 3.05) is 24.2 Å². The number of hydrogen-bond donors (Lipinski definition) is 1. The van der Waals surface area contributed by atoms with Crippen molar-refractivity contribution in [1.29, 1.82) is 0 Å². The highest BCUT2D eigenvalue weighted by Gasteiger charge is 2.29. The molecule has 0 saturated carbocycles. The Balaban J connectivity index is 2.35. The number of hydrogen-bond acceptors (Lipinski definition) is 4. The van der Waals surface area contributed by atoms with Crippen LogP contribution in [0.25, 0.3) is 0 Å². The van der Waals surface area contributed by atoms with E-state index in [1.54, 1.807) is 31.2 Å². The summed E-state index contributed by atoms with van der Waals surface area (Å²) < 4.78 is 39.7. The summed E-state index contributed by atoms with van der Waals surface area (Å²) in [6, 6.07) is 11.2. The number of halogens is 2. The van der Waals surface area contributed by atoms with Crippen molar-refractivity contribution in [3.8, 4) is 0 Å². The largest absolute Gasteiger partial charge is 0.357 e. The van der Waals surface area contributed by atoms with Gasteiger partial charge in [0.05, 0.1) is 11.9 Å². The average Bonchev–Trinajstić information content (AvgIpc) is 2.70. The molecule has 0 aliphatic heterocycles. The van der Waals surface area contributed by atoms with Gasteiger partial charge in [0.15, 0.2) is 0 Å². The molecule has 0 radical (unpaired) electrons. The lowest BCUT2D eigenvalue weighted by Gasteiger charge is -2.31. The van der Waals surface area contributed by atoms with E-state index in [-0.39, 0.29) is 6.54 Å². The Hall–Kier alpha value is -2.46. The van der Waals surface area contributed by atoms with Crippen LogP contribution in [0.3, 0.4) is 0 Å². The fourth-order valence-corrected chi connectivity index (χ4v) is 3.91. The van der Waals surface area contributed by atoms with Gasteiger partial charge in [0.2, 0.25) is 21.8 Å². The first-order valence-corrected chi connectivity index (χ1v) is 11.7.